The zero-order chi connectivity index (χ0) is 29.5. The van der Waals surface area contributed by atoms with Gasteiger partial charge in [-0.15, -0.1) is 0 Å². The van der Waals surface area contributed by atoms with Crippen LogP contribution in [0.5, 0.6) is 0 Å². The second-order valence-corrected chi connectivity index (χ2v) is 11.7. The van der Waals surface area contributed by atoms with E-state index in [0.717, 1.165) is 66.3 Å². The highest BCUT2D eigenvalue weighted by Crippen LogP contribution is 2.44. The van der Waals surface area contributed by atoms with Crippen LogP contribution in [-0.2, 0) is 0 Å². The summed E-state index contributed by atoms with van der Waals surface area (Å²) < 4.78 is 12.9. The van der Waals surface area contributed by atoms with E-state index in [9.17, 15) is 0 Å². The average molecular weight is 576 g/mol. The lowest BCUT2D eigenvalue weighted by Gasteiger charge is -2.26. The minimum Gasteiger partial charge on any atom is -0.455 e. The van der Waals surface area contributed by atoms with Crippen molar-refractivity contribution in [2.45, 2.75) is 0 Å². The van der Waals surface area contributed by atoms with Crippen molar-refractivity contribution in [1.82, 2.24) is 0 Å². The van der Waals surface area contributed by atoms with Crippen LogP contribution in [-0.4, -0.2) is 0 Å². The Morgan fingerprint density at radius 1 is 0.356 bits per heavy atom. The van der Waals surface area contributed by atoms with Gasteiger partial charge in [0.05, 0.1) is 5.69 Å². The maximum absolute atomic E-state index is 6.51. The quantitative estimate of drug-likeness (QED) is 0.196. The fourth-order valence-corrected chi connectivity index (χ4v) is 7.19. The molecule has 0 aliphatic rings. The van der Waals surface area contributed by atoms with Crippen LogP contribution in [0.15, 0.2) is 160 Å². The molecule has 0 saturated carbocycles. The minimum atomic E-state index is 0.877. The number of furan rings is 2. The van der Waals surface area contributed by atoms with Gasteiger partial charge in [-0.1, -0.05) is 97.1 Å². The summed E-state index contributed by atoms with van der Waals surface area (Å²) in [6.45, 7) is 0. The molecule has 10 rings (SSSR count). The van der Waals surface area contributed by atoms with Gasteiger partial charge in [-0.3, -0.25) is 0 Å². The van der Waals surface area contributed by atoms with Gasteiger partial charge in [-0.2, -0.15) is 0 Å². The summed E-state index contributed by atoms with van der Waals surface area (Å²) in [6, 6.07) is 53.6. The molecule has 0 aliphatic heterocycles. The summed E-state index contributed by atoms with van der Waals surface area (Å²) in [5, 5.41) is 11.7. The normalized spacial score (nSPS) is 12.0. The molecular weight excluding hydrogens is 550 g/mol. The lowest BCUT2D eigenvalue weighted by Crippen LogP contribution is -2.10. The Bertz CT molecular complexity index is 2770. The highest BCUT2D eigenvalue weighted by molar-refractivity contribution is 6.26. The SMILES string of the molecule is c1ccc(N(c2ccc3c(ccc4ccc5c(ccc6c7ccccc7oc65)c43)c2)c2cccc3c2oc2ccccc23)cc1. The van der Waals surface area contributed by atoms with E-state index < -0.39 is 0 Å². The summed E-state index contributed by atoms with van der Waals surface area (Å²) in [5.74, 6) is 0. The molecular formula is C42H25NO2. The van der Waals surface area contributed by atoms with Crippen LogP contribution in [0.25, 0.3) is 76.2 Å². The molecule has 3 nitrogen and oxygen atoms in total. The summed E-state index contributed by atoms with van der Waals surface area (Å²) in [6.07, 6.45) is 0. The molecule has 0 aliphatic carbocycles. The maximum atomic E-state index is 6.51. The zero-order valence-corrected chi connectivity index (χ0v) is 24.2. The van der Waals surface area contributed by atoms with Gasteiger partial charge < -0.3 is 13.7 Å². The molecule has 0 fully saturated rings. The molecule has 0 atom stereocenters. The van der Waals surface area contributed by atoms with Crippen molar-refractivity contribution in [2.24, 2.45) is 0 Å². The van der Waals surface area contributed by atoms with Gasteiger partial charge in [0.15, 0.2) is 5.58 Å². The molecule has 2 heterocycles. The fourth-order valence-electron chi connectivity index (χ4n) is 7.19. The van der Waals surface area contributed by atoms with Crippen molar-refractivity contribution >= 4 is 93.3 Å². The topological polar surface area (TPSA) is 29.5 Å². The maximum Gasteiger partial charge on any atom is 0.159 e. The largest absolute Gasteiger partial charge is 0.455 e. The van der Waals surface area contributed by atoms with Crippen LogP contribution >= 0.6 is 0 Å². The zero-order valence-electron chi connectivity index (χ0n) is 24.2. The minimum absolute atomic E-state index is 0.877. The van der Waals surface area contributed by atoms with E-state index in [1.807, 2.05) is 24.3 Å². The number of fused-ring (bicyclic) bond motifs is 12. The number of benzene rings is 8. The molecule has 210 valence electrons. The Morgan fingerprint density at radius 3 is 1.76 bits per heavy atom. The van der Waals surface area contributed by atoms with Crippen LogP contribution < -0.4 is 4.90 Å². The van der Waals surface area contributed by atoms with E-state index in [-0.39, 0.29) is 0 Å². The Kier molecular flexibility index (Phi) is 5.00. The van der Waals surface area contributed by atoms with Crippen molar-refractivity contribution in [1.29, 1.82) is 0 Å². The third-order valence-corrected chi connectivity index (χ3v) is 9.22. The Labute approximate surface area is 258 Å². The second kappa shape index (κ2) is 9.22. The molecule has 0 N–H and O–H groups in total. The van der Waals surface area contributed by atoms with E-state index in [1.54, 1.807) is 0 Å². The first kappa shape index (κ1) is 24.4. The number of hydrogen-bond acceptors (Lipinski definition) is 3. The molecule has 2 aromatic heterocycles. The van der Waals surface area contributed by atoms with Crippen LogP contribution in [0.1, 0.15) is 0 Å². The van der Waals surface area contributed by atoms with Gasteiger partial charge in [-0.05, 0) is 81.5 Å². The first-order valence-electron chi connectivity index (χ1n) is 15.3. The molecule has 0 bridgehead atoms. The van der Waals surface area contributed by atoms with E-state index in [4.69, 9.17) is 8.83 Å². The van der Waals surface area contributed by atoms with E-state index in [0.29, 0.717) is 0 Å². The predicted molar refractivity (Wildman–Crippen MR) is 188 cm³/mol. The van der Waals surface area contributed by atoms with Gasteiger partial charge in [0.1, 0.15) is 16.7 Å². The lowest BCUT2D eigenvalue weighted by molar-refractivity contribution is 0.669. The first-order valence-corrected chi connectivity index (χ1v) is 15.3. The summed E-state index contributed by atoms with van der Waals surface area (Å²) in [4.78, 5) is 2.30. The lowest BCUT2D eigenvalue weighted by atomic mass is 9.95. The molecule has 45 heavy (non-hydrogen) atoms. The molecule has 0 amide bonds. The number of para-hydroxylation sites is 4. The summed E-state index contributed by atoms with van der Waals surface area (Å²) in [7, 11) is 0. The van der Waals surface area contributed by atoms with Crippen molar-refractivity contribution in [3.05, 3.63) is 152 Å². The molecule has 0 spiro atoms. The van der Waals surface area contributed by atoms with E-state index in [2.05, 4.69) is 132 Å². The van der Waals surface area contributed by atoms with Gasteiger partial charge >= 0.3 is 0 Å². The van der Waals surface area contributed by atoms with Crippen molar-refractivity contribution in [2.75, 3.05) is 4.90 Å². The van der Waals surface area contributed by atoms with E-state index in [1.165, 1.54) is 26.9 Å². The number of rotatable bonds is 3. The fraction of sp³-hybridized carbons (Fsp3) is 0. The molecule has 10 aromatic rings. The summed E-state index contributed by atoms with van der Waals surface area (Å²) >= 11 is 0. The molecule has 3 heteroatoms. The second-order valence-electron chi connectivity index (χ2n) is 11.7. The first-order chi connectivity index (χ1) is 22.3. The van der Waals surface area contributed by atoms with Gasteiger partial charge in [0, 0.05) is 38.3 Å². The molecule has 8 aromatic carbocycles. The third kappa shape index (κ3) is 3.52. The number of hydrogen-bond donors (Lipinski definition) is 0. The van der Waals surface area contributed by atoms with Crippen molar-refractivity contribution < 1.29 is 8.83 Å². The van der Waals surface area contributed by atoms with Crippen molar-refractivity contribution in [3.8, 4) is 0 Å². The Morgan fingerprint density at radius 2 is 0.933 bits per heavy atom. The number of anilines is 3. The summed E-state index contributed by atoms with van der Waals surface area (Å²) in [5.41, 5.74) is 6.78. The third-order valence-electron chi connectivity index (χ3n) is 9.22. The van der Waals surface area contributed by atoms with Crippen LogP contribution in [0.3, 0.4) is 0 Å². The standard InChI is InChI=1S/C42H25NO2/c1-2-9-28(10-3-1)43(37-14-8-13-34-31-11-4-7-16-39(31)45-42(34)37)29-20-22-30-27(25-29)18-17-26-19-21-36-33(40(26)30)23-24-35-32-12-5-6-15-38(32)44-41(35)36/h1-25H. The number of nitrogens with zero attached hydrogens (tertiary/aromatic N) is 1. The van der Waals surface area contributed by atoms with Gasteiger partial charge in [0.25, 0.3) is 0 Å². The van der Waals surface area contributed by atoms with Gasteiger partial charge in [-0.25, -0.2) is 0 Å². The van der Waals surface area contributed by atoms with Crippen LogP contribution in [0, 0.1) is 0 Å². The monoisotopic (exact) mass is 575 g/mol. The average Bonchev–Trinajstić information content (AvgIpc) is 3.68. The Balaban J connectivity index is 1.22. The van der Waals surface area contributed by atoms with Crippen molar-refractivity contribution in [3.63, 3.8) is 0 Å². The molecule has 0 unspecified atom stereocenters. The van der Waals surface area contributed by atoms with Crippen LogP contribution in [0.4, 0.5) is 17.1 Å². The van der Waals surface area contributed by atoms with Crippen LogP contribution in [0.2, 0.25) is 0 Å². The van der Waals surface area contributed by atoms with Gasteiger partial charge in [0.2, 0.25) is 0 Å². The Hall–Kier alpha value is -6.06. The predicted octanol–water partition coefficient (Wildman–Crippen LogP) is 12.4. The highest BCUT2D eigenvalue weighted by atomic mass is 16.3. The van der Waals surface area contributed by atoms with E-state index >= 15 is 0 Å². The highest BCUT2D eigenvalue weighted by Gasteiger charge is 2.20. The smallest absolute Gasteiger partial charge is 0.159 e. The molecule has 0 radical (unpaired) electrons. The molecule has 0 saturated heterocycles.